The molecule has 0 N–H and O–H groups in total. The number of hydrogen-bond acceptors (Lipinski definition) is 3. The summed E-state index contributed by atoms with van der Waals surface area (Å²) in [6.07, 6.45) is 5.09. The van der Waals surface area contributed by atoms with Gasteiger partial charge in [-0.3, -0.25) is 0 Å². The molecular weight excluding hydrogens is 244 g/mol. The second kappa shape index (κ2) is 4.50. The van der Waals surface area contributed by atoms with Gasteiger partial charge in [0.25, 0.3) is 0 Å². The average molecular weight is 249 g/mol. The maximum absolute atomic E-state index is 8.40. The number of halogens is 1. The summed E-state index contributed by atoms with van der Waals surface area (Å²) in [6, 6.07) is 0. The minimum absolute atomic E-state index is 0.550. The van der Waals surface area contributed by atoms with Gasteiger partial charge in [0.2, 0.25) is 6.19 Å². The van der Waals surface area contributed by atoms with E-state index in [1.165, 1.54) is 0 Å². The summed E-state index contributed by atoms with van der Waals surface area (Å²) in [7, 11) is 0. The Morgan fingerprint density at radius 3 is 2.79 bits per heavy atom. The van der Waals surface area contributed by atoms with Gasteiger partial charge < -0.3 is 0 Å². The molecule has 14 heavy (non-hydrogen) atoms. The van der Waals surface area contributed by atoms with E-state index in [9.17, 15) is 0 Å². The highest BCUT2D eigenvalue weighted by Gasteiger charge is 2.14. The number of nitriles is 1. The summed E-state index contributed by atoms with van der Waals surface area (Å²) in [4.78, 5) is 6.56. The van der Waals surface area contributed by atoms with E-state index in [0.717, 1.165) is 5.57 Å². The molecule has 0 aromatic carbocycles. The molecule has 0 spiro atoms. The van der Waals surface area contributed by atoms with E-state index in [1.807, 2.05) is 6.92 Å². The number of aliphatic imine (C=N–C) groups is 1. The molecule has 1 aliphatic rings. The van der Waals surface area contributed by atoms with Gasteiger partial charge in [0.15, 0.2) is 5.71 Å². The third-order valence-electron chi connectivity index (χ3n) is 1.59. The van der Waals surface area contributed by atoms with Crippen molar-refractivity contribution in [3.63, 3.8) is 0 Å². The summed E-state index contributed by atoms with van der Waals surface area (Å²) in [5, 5.41) is 12.0. The predicted octanol–water partition coefficient (Wildman–Crippen LogP) is 2.42. The standard InChI is InChI=1S/C9H5BrN4/c1-6-3-9(14-12-2)7(10)4-8(6)13-5-11/h3-4H,1H3/b13-8?,14-9+. The Labute approximate surface area is 89.9 Å². The number of allylic oxidation sites excluding steroid dienone is 4. The summed E-state index contributed by atoms with van der Waals surface area (Å²) < 4.78 is 0.660. The maximum atomic E-state index is 8.40. The zero-order valence-electron chi connectivity index (χ0n) is 7.32. The Balaban J connectivity index is 3.17. The van der Waals surface area contributed by atoms with Gasteiger partial charge in [-0.2, -0.15) is 16.8 Å². The van der Waals surface area contributed by atoms with E-state index in [2.05, 4.69) is 31.0 Å². The smallest absolute Gasteiger partial charge is 0.181 e. The molecule has 4 nitrogen and oxygen atoms in total. The molecule has 0 radical (unpaired) electrons. The minimum Gasteiger partial charge on any atom is -0.181 e. The van der Waals surface area contributed by atoms with Crippen LogP contribution in [0.15, 0.2) is 32.3 Å². The highest BCUT2D eigenvalue weighted by molar-refractivity contribution is 9.12. The molecular formula is C9H5BrN4. The van der Waals surface area contributed by atoms with Crippen LogP contribution in [0.2, 0.25) is 0 Å². The van der Waals surface area contributed by atoms with Crippen molar-refractivity contribution in [2.45, 2.75) is 6.92 Å². The van der Waals surface area contributed by atoms with Crippen LogP contribution >= 0.6 is 15.9 Å². The van der Waals surface area contributed by atoms with E-state index in [4.69, 9.17) is 11.8 Å². The van der Waals surface area contributed by atoms with E-state index < -0.39 is 0 Å². The van der Waals surface area contributed by atoms with Crippen LogP contribution in [0.5, 0.6) is 0 Å². The van der Waals surface area contributed by atoms with Gasteiger partial charge in [-0.05, 0) is 40.6 Å². The van der Waals surface area contributed by atoms with Crippen molar-refractivity contribution in [1.82, 2.24) is 0 Å². The quantitative estimate of drug-likeness (QED) is 0.281. The second-order valence-electron chi connectivity index (χ2n) is 2.50. The Hall–Kier alpha value is -1.72. The van der Waals surface area contributed by atoms with Crippen LogP contribution in [0.1, 0.15) is 6.92 Å². The zero-order chi connectivity index (χ0) is 10.6. The molecule has 0 fully saturated rings. The van der Waals surface area contributed by atoms with Crippen LogP contribution in [0.3, 0.4) is 0 Å². The molecule has 5 heteroatoms. The molecule has 0 heterocycles. The van der Waals surface area contributed by atoms with E-state index >= 15 is 0 Å². The lowest BCUT2D eigenvalue weighted by Crippen LogP contribution is -2.08. The Morgan fingerprint density at radius 2 is 2.21 bits per heavy atom. The first-order valence-corrected chi connectivity index (χ1v) is 4.45. The van der Waals surface area contributed by atoms with E-state index in [-0.39, 0.29) is 0 Å². The van der Waals surface area contributed by atoms with Gasteiger partial charge in [-0.1, -0.05) is 0 Å². The van der Waals surface area contributed by atoms with Crippen LogP contribution < -0.4 is 0 Å². The number of hydrogen-bond donors (Lipinski definition) is 0. The van der Waals surface area contributed by atoms with Crippen molar-refractivity contribution in [3.05, 3.63) is 33.7 Å². The third kappa shape index (κ3) is 2.15. The van der Waals surface area contributed by atoms with Crippen molar-refractivity contribution < 1.29 is 0 Å². The molecule has 0 aliphatic heterocycles. The lowest BCUT2D eigenvalue weighted by atomic mass is 10.0. The number of nitrogens with zero attached hydrogens (tertiary/aromatic N) is 4. The molecule has 0 saturated heterocycles. The minimum atomic E-state index is 0.550. The monoisotopic (exact) mass is 248 g/mol. The Bertz CT molecular complexity index is 410. The Kier molecular flexibility index (Phi) is 3.33. The van der Waals surface area contributed by atoms with Crippen LogP contribution in [0, 0.1) is 18.0 Å². The normalized spacial score (nSPS) is 21.1. The van der Waals surface area contributed by atoms with Crippen molar-refractivity contribution in [3.8, 4) is 6.19 Å². The molecule has 68 valence electrons. The van der Waals surface area contributed by atoms with Crippen LogP contribution in [-0.2, 0) is 0 Å². The van der Waals surface area contributed by atoms with Gasteiger partial charge in [-0.15, -0.1) is 4.95 Å². The fourth-order valence-corrected chi connectivity index (χ4v) is 1.37. The fraction of sp³-hybridized carbons (Fsp3) is 0.111. The molecule has 0 amide bonds. The first kappa shape index (κ1) is 10.4. The van der Waals surface area contributed by atoms with Gasteiger partial charge in [0.1, 0.15) is 0 Å². The van der Waals surface area contributed by atoms with Gasteiger partial charge >= 0.3 is 0 Å². The molecule has 0 saturated carbocycles. The largest absolute Gasteiger partial charge is 0.206 e. The highest BCUT2D eigenvalue weighted by atomic mass is 79.9. The Morgan fingerprint density at radius 1 is 1.50 bits per heavy atom. The van der Waals surface area contributed by atoms with Crippen LogP contribution in [0.4, 0.5) is 0 Å². The van der Waals surface area contributed by atoms with E-state index in [0.29, 0.717) is 15.9 Å². The van der Waals surface area contributed by atoms with Crippen molar-refractivity contribution >= 4 is 27.4 Å². The molecule has 0 aromatic heterocycles. The molecule has 0 atom stereocenters. The summed E-state index contributed by atoms with van der Waals surface area (Å²) in [6.45, 7) is 8.41. The lowest BCUT2D eigenvalue weighted by Gasteiger charge is -2.06. The van der Waals surface area contributed by atoms with Crippen LogP contribution in [-0.4, -0.2) is 11.4 Å². The van der Waals surface area contributed by atoms with Crippen molar-refractivity contribution in [2.75, 3.05) is 0 Å². The zero-order valence-corrected chi connectivity index (χ0v) is 8.91. The maximum Gasteiger partial charge on any atom is 0.206 e. The van der Waals surface area contributed by atoms with E-state index in [1.54, 1.807) is 18.3 Å². The fourth-order valence-electron chi connectivity index (χ4n) is 0.961. The van der Waals surface area contributed by atoms with Crippen LogP contribution in [0.25, 0.3) is 4.95 Å². The molecule has 0 bridgehead atoms. The summed E-state index contributed by atoms with van der Waals surface area (Å²) in [5.41, 5.74) is 1.95. The topological polar surface area (TPSA) is 52.9 Å². The number of rotatable bonds is 0. The molecule has 1 aliphatic carbocycles. The first-order chi connectivity index (χ1) is 6.69. The second-order valence-corrected chi connectivity index (χ2v) is 3.36. The van der Waals surface area contributed by atoms with Gasteiger partial charge in [-0.25, -0.2) is 0 Å². The molecule has 0 aromatic rings. The van der Waals surface area contributed by atoms with Gasteiger partial charge in [0.05, 0.1) is 15.3 Å². The highest BCUT2D eigenvalue weighted by Crippen LogP contribution is 2.18. The molecule has 1 rings (SSSR count). The molecule has 0 unspecified atom stereocenters. The lowest BCUT2D eigenvalue weighted by molar-refractivity contribution is 1.42. The SMILES string of the molecule is [C-]#[N+]/N=C1\C=C(C)C(=NC#N)C=C1Br. The summed E-state index contributed by atoms with van der Waals surface area (Å²) in [5.74, 6) is 0. The summed E-state index contributed by atoms with van der Waals surface area (Å²) >= 11 is 3.25. The predicted molar refractivity (Wildman–Crippen MR) is 57.9 cm³/mol. The average Bonchev–Trinajstić information content (AvgIpc) is 2.14. The van der Waals surface area contributed by atoms with Gasteiger partial charge in [0, 0.05) is 0 Å². The van der Waals surface area contributed by atoms with Crippen molar-refractivity contribution in [2.24, 2.45) is 10.1 Å². The third-order valence-corrected chi connectivity index (χ3v) is 2.23. The first-order valence-electron chi connectivity index (χ1n) is 3.66. The van der Waals surface area contributed by atoms with Crippen molar-refractivity contribution in [1.29, 1.82) is 5.26 Å².